The first-order valence-electron chi connectivity index (χ1n) is 8.50. The zero-order valence-corrected chi connectivity index (χ0v) is 14.7. The number of likely N-dealkylation sites (tertiary alicyclic amines) is 1. The van der Waals surface area contributed by atoms with Crippen LogP contribution in [0.4, 0.5) is 0 Å². The van der Waals surface area contributed by atoms with E-state index in [4.69, 9.17) is 11.6 Å². The van der Waals surface area contributed by atoms with Crippen LogP contribution in [0.25, 0.3) is 5.69 Å². The molecular weight excluding hydrogens is 340 g/mol. The molecule has 2 amide bonds. The fraction of sp³-hybridized carbons (Fsp3) is 0.389. The van der Waals surface area contributed by atoms with Crippen LogP contribution in [-0.2, 0) is 4.79 Å². The fourth-order valence-corrected chi connectivity index (χ4v) is 3.07. The van der Waals surface area contributed by atoms with Crippen LogP contribution in [0.2, 0.25) is 5.02 Å². The Balaban J connectivity index is 1.51. The number of nitrogens with zero attached hydrogens (tertiary/aromatic N) is 3. The number of benzene rings is 1. The predicted octanol–water partition coefficient (Wildman–Crippen LogP) is 2.66. The molecule has 6 nitrogen and oxygen atoms in total. The molecule has 0 bridgehead atoms. The molecule has 7 heteroatoms. The summed E-state index contributed by atoms with van der Waals surface area (Å²) in [4.78, 5) is 26.2. The Morgan fingerprint density at radius 3 is 2.76 bits per heavy atom. The number of hydrogen-bond acceptors (Lipinski definition) is 3. The SMILES string of the molecule is O=C(NCCC(=O)N1CCCCC1)c1cnn(-c2cccc(Cl)c2)c1. The van der Waals surface area contributed by atoms with E-state index in [-0.39, 0.29) is 11.8 Å². The second kappa shape index (κ2) is 8.16. The minimum Gasteiger partial charge on any atom is -0.351 e. The first kappa shape index (κ1) is 17.5. The minimum absolute atomic E-state index is 0.106. The van der Waals surface area contributed by atoms with Crippen molar-refractivity contribution in [3.63, 3.8) is 0 Å². The van der Waals surface area contributed by atoms with E-state index in [1.807, 2.05) is 17.0 Å². The summed E-state index contributed by atoms with van der Waals surface area (Å²) in [5.74, 6) is -0.130. The van der Waals surface area contributed by atoms with Crippen LogP contribution in [0.1, 0.15) is 36.0 Å². The van der Waals surface area contributed by atoms with Crippen molar-refractivity contribution in [2.45, 2.75) is 25.7 Å². The molecule has 1 N–H and O–H groups in total. The topological polar surface area (TPSA) is 67.2 Å². The minimum atomic E-state index is -0.236. The lowest BCUT2D eigenvalue weighted by Gasteiger charge is -2.26. The van der Waals surface area contributed by atoms with Crippen molar-refractivity contribution in [2.24, 2.45) is 0 Å². The zero-order valence-electron chi connectivity index (χ0n) is 13.9. The standard InChI is InChI=1S/C18H21ClN4O2/c19-15-5-4-6-16(11-15)23-13-14(12-21-23)18(25)20-8-7-17(24)22-9-2-1-3-10-22/h4-6,11-13H,1-3,7-10H2,(H,20,25). The molecule has 0 saturated carbocycles. The third-order valence-corrected chi connectivity index (χ3v) is 4.49. The molecule has 2 aromatic rings. The highest BCUT2D eigenvalue weighted by Gasteiger charge is 2.16. The van der Waals surface area contributed by atoms with Crippen LogP contribution in [0, 0.1) is 0 Å². The van der Waals surface area contributed by atoms with Gasteiger partial charge in [-0.15, -0.1) is 0 Å². The molecule has 1 aromatic carbocycles. The molecule has 2 heterocycles. The van der Waals surface area contributed by atoms with Gasteiger partial charge in [0, 0.05) is 37.3 Å². The second-order valence-electron chi connectivity index (χ2n) is 6.10. The molecule has 0 atom stereocenters. The first-order chi connectivity index (χ1) is 12.1. The maximum absolute atomic E-state index is 12.2. The van der Waals surface area contributed by atoms with Crippen LogP contribution in [0.3, 0.4) is 0 Å². The first-order valence-corrected chi connectivity index (χ1v) is 8.88. The molecule has 0 aliphatic carbocycles. The van der Waals surface area contributed by atoms with E-state index >= 15 is 0 Å². The number of carbonyl (C=O) groups is 2. The lowest BCUT2D eigenvalue weighted by Crippen LogP contribution is -2.37. The lowest BCUT2D eigenvalue weighted by atomic mass is 10.1. The van der Waals surface area contributed by atoms with Gasteiger partial charge in [-0.25, -0.2) is 4.68 Å². The summed E-state index contributed by atoms with van der Waals surface area (Å²) >= 11 is 5.97. The van der Waals surface area contributed by atoms with Crippen LogP contribution in [-0.4, -0.2) is 46.1 Å². The molecule has 1 aliphatic heterocycles. The highest BCUT2D eigenvalue weighted by atomic mass is 35.5. The van der Waals surface area contributed by atoms with Gasteiger partial charge in [0.2, 0.25) is 5.91 Å². The number of amides is 2. The molecule has 1 aliphatic rings. The Bertz CT molecular complexity index is 753. The number of hydrogen-bond donors (Lipinski definition) is 1. The van der Waals surface area contributed by atoms with Crippen molar-refractivity contribution in [1.82, 2.24) is 20.0 Å². The number of nitrogens with one attached hydrogen (secondary N) is 1. The van der Waals surface area contributed by atoms with E-state index in [1.165, 1.54) is 12.6 Å². The summed E-state index contributed by atoms with van der Waals surface area (Å²) in [6, 6.07) is 7.23. The molecule has 132 valence electrons. The van der Waals surface area contributed by atoms with E-state index in [9.17, 15) is 9.59 Å². The summed E-state index contributed by atoms with van der Waals surface area (Å²) in [6.45, 7) is 1.99. The third kappa shape index (κ3) is 4.60. The molecular formula is C18H21ClN4O2. The number of piperidine rings is 1. The van der Waals surface area contributed by atoms with Gasteiger partial charge in [0.05, 0.1) is 17.4 Å². The van der Waals surface area contributed by atoms with Crippen molar-refractivity contribution in [2.75, 3.05) is 19.6 Å². The zero-order chi connectivity index (χ0) is 17.6. The Labute approximate surface area is 151 Å². The van der Waals surface area contributed by atoms with Crippen LogP contribution >= 0.6 is 11.6 Å². The van der Waals surface area contributed by atoms with Crippen molar-refractivity contribution in [3.8, 4) is 5.69 Å². The van der Waals surface area contributed by atoms with Crippen LogP contribution in [0.5, 0.6) is 0 Å². The second-order valence-corrected chi connectivity index (χ2v) is 6.54. The fourth-order valence-electron chi connectivity index (χ4n) is 2.89. The maximum Gasteiger partial charge on any atom is 0.254 e. The molecule has 1 aromatic heterocycles. The largest absolute Gasteiger partial charge is 0.351 e. The van der Waals surface area contributed by atoms with E-state index < -0.39 is 0 Å². The number of aromatic nitrogens is 2. The Kier molecular flexibility index (Phi) is 5.71. The van der Waals surface area contributed by atoms with Gasteiger partial charge < -0.3 is 10.2 Å². The molecule has 1 saturated heterocycles. The van der Waals surface area contributed by atoms with Crippen LogP contribution < -0.4 is 5.32 Å². The Hall–Kier alpha value is -2.34. The van der Waals surface area contributed by atoms with Gasteiger partial charge in [-0.2, -0.15) is 5.10 Å². The van der Waals surface area contributed by atoms with Gasteiger partial charge in [0.1, 0.15) is 0 Å². The van der Waals surface area contributed by atoms with Crippen molar-refractivity contribution >= 4 is 23.4 Å². The molecule has 25 heavy (non-hydrogen) atoms. The molecule has 3 rings (SSSR count). The van der Waals surface area contributed by atoms with Gasteiger partial charge >= 0.3 is 0 Å². The van der Waals surface area contributed by atoms with Crippen molar-refractivity contribution in [1.29, 1.82) is 0 Å². The van der Waals surface area contributed by atoms with Gasteiger partial charge in [0.25, 0.3) is 5.91 Å². The number of carbonyl (C=O) groups excluding carboxylic acids is 2. The maximum atomic E-state index is 12.2. The molecule has 1 fully saturated rings. The molecule has 0 unspecified atom stereocenters. The summed E-state index contributed by atoms with van der Waals surface area (Å²) < 4.78 is 1.60. The van der Waals surface area contributed by atoms with E-state index in [0.29, 0.717) is 23.6 Å². The van der Waals surface area contributed by atoms with Gasteiger partial charge in [0.15, 0.2) is 0 Å². The van der Waals surface area contributed by atoms with Crippen LogP contribution in [0.15, 0.2) is 36.7 Å². The summed E-state index contributed by atoms with van der Waals surface area (Å²) in [5.41, 5.74) is 1.23. The molecule has 0 radical (unpaired) electrons. The number of rotatable bonds is 5. The highest BCUT2D eigenvalue weighted by Crippen LogP contribution is 2.14. The highest BCUT2D eigenvalue weighted by molar-refractivity contribution is 6.30. The quantitative estimate of drug-likeness (QED) is 0.891. The van der Waals surface area contributed by atoms with E-state index in [0.717, 1.165) is 31.6 Å². The predicted molar refractivity (Wildman–Crippen MR) is 96.0 cm³/mol. The van der Waals surface area contributed by atoms with E-state index in [2.05, 4.69) is 10.4 Å². The lowest BCUT2D eigenvalue weighted by molar-refractivity contribution is -0.131. The average Bonchev–Trinajstić information content (AvgIpc) is 3.12. The van der Waals surface area contributed by atoms with Gasteiger partial charge in [-0.3, -0.25) is 9.59 Å². The van der Waals surface area contributed by atoms with Crippen molar-refractivity contribution < 1.29 is 9.59 Å². The molecule has 0 spiro atoms. The normalized spacial score (nSPS) is 14.4. The van der Waals surface area contributed by atoms with Crippen molar-refractivity contribution in [3.05, 3.63) is 47.2 Å². The summed E-state index contributed by atoms with van der Waals surface area (Å²) in [5, 5.41) is 7.57. The summed E-state index contributed by atoms with van der Waals surface area (Å²) in [6.07, 6.45) is 6.81. The Morgan fingerprint density at radius 2 is 2.00 bits per heavy atom. The van der Waals surface area contributed by atoms with Gasteiger partial charge in [-0.1, -0.05) is 17.7 Å². The summed E-state index contributed by atoms with van der Waals surface area (Å²) in [7, 11) is 0. The smallest absolute Gasteiger partial charge is 0.254 e. The average molecular weight is 361 g/mol. The van der Waals surface area contributed by atoms with E-state index in [1.54, 1.807) is 23.0 Å². The monoisotopic (exact) mass is 360 g/mol. The van der Waals surface area contributed by atoms with Gasteiger partial charge in [-0.05, 0) is 37.5 Å². The number of halogens is 1. The third-order valence-electron chi connectivity index (χ3n) is 4.25. The Morgan fingerprint density at radius 1 is 1.20 bits per heavy atom.